The maximum Gasteiger partial charge on any atom is 0.303 e. The SMILES string of the molecule is CCC(CNC(=O)C1CCNC(C)C1)CC(=O)O. The molecule has 0 saturated carbocycles. The molecule has 3 unspecified atom stereocenters. The second-order valence-electron chi connectivity index (χ2n) is 5.19. The number of amides is 1. The fraction of sp³-hybridized carbons (Fsp3) is 0.846. The van der Waals surface area contributed by atoms with Crippen LogP contribution < -0.4 is 10.6 Å². The van der Waals surface area contributed by atoms with Gasteiger partial charge in [0.15, 0.2) is 0 Å². The van der Waals surface area contributed by atoms with Crippen LogP contribution in [0.3, 0.4) is 0 Å². The average molecular weight is 256 g/mol. The fourth-order valence-electron chi connectivity index (χ4n) is 2.37. The first-order chi connectivity index (χ1) is 8.52. The molecule has 1 aliphatic rings. The van der Waals surface area contributed by atoms with Gasteiger partial charge in [-0.15, -0.1) is 0 Å². The zero-order valence-corrected chi connectivity index (χ0v) is 11.2. The summed E-state index contributed by atoms with van der Waals surface area (Å²) in [5.74, 6) is -0.618. The molecule has 0 aliphatic carbocycles. The highest BCUT2D eigenvalue weighted by Gasteiger charge is 2.25. The Morgan fingerprint density at radius 1 is 1.50 bits per heavy atom. The van der Waals surface area contributed by atoms with Crippen LogP contribution in [0.25, 0.3) is 0 Å². The summed E-state index contributed by atoms with van der Waals surface area (Å²) >= 11 is 0. The quantitative estimate of drug-likeness (QED) is 0.662. The van der Waals surface area contributed by atoms with Gasteiger partial charge in [-0.2, -0.15) is 0 Å². The lowest BCUT2D eigenvalue weighted by Crippen LogP contribution is -2.43. The van der Waals surface area contributed by atoms with E-state index in [0.717, 1.165) is 25.8 Å². The summed E-state index contributed by atoms with van der Waals surface area (Å²) in [4.78, 5) is 22.6. The number of nitrogens with one attached hydrogen (secondary N) is 2. The highest BCUT2D eigenvalue weighted by molar-refractivity contribution is 5.78. The van der Waals surface area contributed by atoms with Gasteiger partial charge in [-0.1, -0.05) is 13.3 Å². The van der Waals surface area contributed by atoms with E-state index in [1.807, 2.05) is 6.92 Å². The Bertz CT molecular complexity index is 294. The number of carboxylic acids is 1. The second-order valence-corrected chi connectivity index (χ2v) is 5.19. The van der Waals surface area contributed by atoms with Gasteiger partial charge in [0.1, 0.15) is 0 Å². The molecule has 104 valence electrons. The zero-order valence-electron chi connectivity index (χ0n) is 11.2. The van der Waals surface area contributed by atoms with Gasteiger partial charge in [-0.3, -0.25) is 9.59 Å². The summed E-state index contributed by atoms with van der Waals surface area (Å²) in [6.45, 7) is 5.39. The first kappa shape index (κ1) is 15.0. The van der Waals surface area contributed by atoms with E-state index in [2.05, 4.69) is 17.6 Å². The van der Waals surface area contributed by atoms with E-state index in [9.17, 15) is 9.59 Å². The topological polar surface area (TPSA) is 78.4 Å². The molecule has 1 amide bonds. The smallest absolute Gasteiger partial charge is 0.303 e. The molecule has 1 saturated heterocycles. The highest BCUT2D eigenvalue weighted by atomic mass is 16.4. The van der Waals surface area contributed by atoms with Gasteiger partial charge in [-0.05, 0) is 32.2 Å². The molecule has 1 aliphatic heterocycles. The van der Waals surface area contributed by atoms with Crippen LogP contribution in [0, 0.1) is 11.8 Å². The van der Waals surface area contributed by atoms with Crippen molar-refractivity contribution < 1.29 is 14.7 Å². The summed E-state index contributed by atoms with van der Waals surface area (Å²) < 4.78 is 0. The Kier molecular flexibility index (Phi) is 6.12. The first-order valence-corrected chi connectivity index (χ1v) is 6.75. The second kappa shape index (κ2) is 7.36. The van der Waals surface area contributed by atoms with Gasteiger partial charge < -0.3 is 15.7 Å². The van der Waals surface area contributed by atoms with Crippen molar-refractivity contribution in [1.29, 1.82) is 0 Å². The van der Waals surface area contributed by atoms with Crippen LogP contribution in [0.4, 0.5) is 0 Å². The molecule has 0 aromatic heterocycles. The van der Waals surface area contributed by atoms with Crippen molar-refractivity contribution in [1.82, 2.24) is 10.6 Å². The average Bonchev–Trinajstić information content (AvgIpc) is 2.33. The van der Waals surface area contributed by atoms with Gasteiger partial charge in [-0.25, -0.2) is 0 Å². The molecule has 18 heavy (non-hydrogen) atoms. The zero-order chi connectivity index (χ0) is 13.5. The van der Waals surface area contributed by atoms with E-state index in [4.69, 9.17) is 5.11 Å². The van der Waals surface area contributed by atoms with E-state index in [1.54, 1.807) is 0 Å². The van der Waals surface area contributed by atoms with Crippen molar-refractivity contribution in [2.75, 3.05) is 13.1 Å². The number of hydrogen-bond acceptors (Lipinski definition) is 3. The van der Waals surface area contributed by atoms with Crippen molar-refractivity contribution in [2.45, 2.75) is 45.6 Å². The Morgan fingerprint density at radius 3 is 2.78 bits per heavy atom. The van der Waals surface area contributed by atoms with Gasteiger partial charge in [0, 0.05) is 24.9 Å². The van der Waals surface area contributed by atoms with Crippen LogP contribution >= 0.6 is 0 Å². The lowest BCUT2D eigenvalue weighted by atomic mass is 9.92. The minimum atomic E-state index is -0.799. The Balaban J connectivity index is 2.32. The van der Waals surface area contributed by atoms with Crippen molar-refractivity contribution in [3.8, 4) is 0 Å². The summed E-state index contributed by atoms with van der Waals surface area (Å²) in [5.41, 5.74) is 0. The molecule has 1 heterocycles. The van der Waals surface area contributed by atoms with E-state index in [-0.39, 0.29) is 24.2 Å². The monoisotopic (exact) mass is 256 g/mol. The maximum absolute atomic E-state index is 12.0. The van der Waals surface area contributed by atoms with Gasteiger partial charge in [0.25, 0.3) is 0 Å². The van der Waals surface area contributed by atoms with E-state index < -0.39 is 5.97 Å². The van der Waals surface area contributed by atoms with Gasteiger partial charge >= 0.3 is 5.97 Å². The summed E-state index contributed by atoms with van der Waals surface area (Å²) in [7, 11) is 0. The number of rotatable bonds is 6. The molecule has 0 aromatic carbocycles. The third kappa shape index (κ3) is 5.04. The van der Waals surface area contributed by atoms with Crippen molar-refractivity contribution in [2.24, 2.45) is 11.8 Å². The number of hydrogen-bond donors (Lipinski definition) is 3. The third-order valence-electron chi connectivity index (χ3n) is 3.60. The number of piperidine rings is 1. The molecular weight excluding hydrogens is 232 g/mol. The van der Waals surface area contributed by atoms with Crippen LogP contribution in [-0.4, -0.2) is 36.1 Å². The number of carboxylic acid groups (broad SMARTS) is 1. The molecule has 0 radical (unpaired) electrons. The third-order valence-corrected chi connectivity index (χ3v) is 3.60. The molecule has 1 fully saturated rings. The molecule has 0 spiro atoms. The van der Waals surface area contributed by atoms with Crippen molar-refractivity contribution in [3.63, 3.8) is 0 Å². The van der Waals surface area contributed by atoms with Crippen molar-refractivity contribution in [3.05, 3.63) is 0 Å². The van der Waals surface area contributed by atoms with Crippen LogP contribution in [0.1, 0.15) is 39.5 Å². The van der Waals surface area contributed by atoms with Crippen LogP contribution in [0.2, 0.25) is 0 Å². The number of aliphatic carboxylic acids is 1. The lowest BCUT2D eigenvalue weighted by Gasteiger charge is -2.27. The van der Waals surface area contributed by atoms with E-state index in [1.165, 1.54) is 0 Å². The van der Waals surface area contributed by atoms with Gasteiger partial charge in [0.05, 0.1) is 0 Å². The number of carbonyl (C=O) groups excluding carboxylic acids is 1. The standard InChI is InChI=1S/C13H24N2O3/c1-3-10(7-12(16)17)8-15-13(18)11-4-5-14-9(2)6-11/h9-11,14H,3-8H2,1-2H3,(H,15,18)(H,16,17). The van der Waals surface area contributed by atoms with Crippen LogP contribution in [0.5, 0.6) is 0 Å². The number of carbonyl (C=O) groups is 2. The molecule has 0 bridgehead atoms. The summed E-state index contributed by atoms with van der Waals surface area (Å²) in [6, 6.07) is 0.385. The van der Waals surface area contributed by atoms with Gasteiger partial charge in [0.2, 0.25) is 5.91 Å². The molecule has 0 aromatic rings. The Morgan fingerprint density at radius 2 is 2.22 bits per heavy atom. The molecule has 3 atom stereocenters. The molecule has 1 rings (SSSR count). The predicted molar refractivity (Wildman–Crippen MR) is 69.2 cm³/mol. The lowest BCUT2D eigenvalue weighted by molar-refractivity contribution is -0.138. The Labute approximate surface area is 108 Å². The molecule has 5 heteroatoms. The molecule has 3 N–H and O–H groups in total. The summed E-state index contributed by atoms with van der Waals surface area (Å²) in [6.07, 6.45) is 2.63. The van der Waals surface area contributed by atoms with E-state index in [0.29, 0.717) is 12.6 Å². The van der Waals surface area contributed by atoms with Crippen molar-refractivity contribution >= 4 is 11.9 Å². The molecule has 5 nitrogen and oxygen atoms in total. The fourth-order valence-corrected chi connectivity index (χ4v) is 2.37. The first-order valence-electron chi connectivity index (χ1n) is 6.75. The largest absolute Gasteiger partial charge is 0.481 e. The minimum absolute atomic E-state index is 0.0330. The Hall–Kier alpha value is -1.10. The minimum Gasteiger partial charge on any atom is -0.481 e. The summed E-state index contributed by atoms with van der Waals surface area (Å²) in [5, 5.41) is 15.0. The van der Waals surface area contributed by atoms with Crippen LogP contribution in [-0.2, 0) is 9.59 Å². The predicted octanol–water partition coefficient (Wildman–Crippen LogP) is 0.992. The van der Waals surface area contributed by atoms with Crippen LogP contribution in [0.15, 0.2) is 0 Å². The van der Waals surface area contributed by atoms with E-state index >= 15 is 0 Å². The highest BCUT2D eigenvalue weighted by Crippen LogP contribution is 2.16. The normalized spacial score (nSPS) is 25.4. The molecular formula is C13H24N2O3. The maximum atomic E-state index is 12.0.